The van der Waals surface area contributed by atoms with E-state index >= 15 is 0 Å². The van der Waals surface area contributed by atoms with Gasteiger partial charge in [0, 0.05) is 12.6 Å². The molecule has 0 aromatic heterocycles. The molecule has 0 spiro atoms. The zero-order valence-electron chi connectivity index (χ0n) is 12.2. The highest BCUT2D eigenvalue weighted by molar-refractivity contribution is 6.33. The van der Waals surface area contributed by atoms with E-state index in [0.717, 1.165) is 18.2 Å². The summed E-state index contributed by atoms with van der Waals surface area (Å²) in [6.07, 6.45) is 5.20. The number of rotatable bonds is 3. The summed E-state index contributed by atoms with van der Waals surface area (Å²) in [5, 5.41) is 6.81. The van der Waals surface area contributed by atoms with Gasteiger partial charge in [-0.3, -0.25) is 4.79 Å². The molecule has 5 heteroatoms. The molecule has 2 N–H and O–H groups in total. The van der Waals surface area contributed by atoms with E-state index in [1.54, 1.807) is 6.07 Å². The third kappa shape index (κ3) is 3.43. The van der Waals surface area contributed by atoms with Crippen LogP contribution < -0.4 is 15.4 Å². The second kappa shape index (κ2) is 6.14. The van der Waals surface area contributed by atoms with Gasteiger partial charge in [-0.15, -0.1) is 0 Å². The Bertz CT molecular complexity index is 539. The molecule has 1 aliphatic heterocycles. The lowest BCUT2D eigenvalue weighted by molar-refractivity contribution is -0.118. The predicted molar refractivity (Wildman–Crippen MR) is 85.2 cm³/mol. The van der Waals surface area contributed by atoms with Crippen molar-refractivity contribution < 1.29 is 9.53 Å². The molecule has 1 amide bonds. The number of amides is 1. The van der Waals surface area contributed by atoms with Gasteiger partial charge in [0.2, 0.25) is 0 Å². The fraction of sp³-hybridized carbons (Fsp3) is 0.562. The van der Waals surface area contributed by atoms with Crippen molar-refractivity contribution in [3.8, 4) is 5.75 Å². The molecule has 3 rings (SSSR count). The zero-order valence-corrected chi connectivity index (χ0v) is 13.0. The van der Waals surface area contributed by atoms with Gasteiger partial charge in [-0.05, 0) is 30.7 Å². The third-order valence-corrected chi connectivity index (χ3v) is 4.73. The van der Waals surface area contributed by atoms with Crippen LogP contribution >= 0.6 is 11.6 Å². The van der Waals surface area contributed by atoms with Crippen molar-refractivity contribution in [2.45, 2.75) is 32.6 Å². The molecule has 4 nitrogen and oxygen atoms in total. The molecular formula is C16H21ClN2O2. The summed E-state index contributed by atoms with van der Waals surface area (Å²) in [6.45, 7) is 3.34. The zero-order chi connectivity index (χ0) is 14.8. The van der Waals surface area contributed by atoms with Crippen LogP contribution in [0.4, 0.5) is 11.4 Å². The Labute approximate surface area is 130 Å². The molecule has 0 saturated heterocycles. The molecule has 1 heterocycles. The molecule has 1 aliphatic carbocycles. The van der Waals surface area contributed by atoms with Gasteiger partial charge in [0.25, 0.3) is 5.91 Å². The Morgan fingerprint density at radius 2 is 2.10 bits per heavy atom. The van der Waals surface area contributed by atoms with E-state index in [4.69, 9.17) is 16.3 Å². The third-order valence-electron chi connectivity index (χ3n) is 4.42. The molecule has 1 fully saturated rings. The summed E-state index contributed by atoms with van der Waals surface area (Å²) in [7, 11) is 0. The number of hydrogen-bond donors (Lipinski definition) is 2. The Morgan fingerprint density at radius 1 is 1.33 bits per heavy atom. The monoisotopic (exact) mass is 308 g/mol. The number of benzene rings is 1. The van der Waals surface area contributed by atoms with E-state index in [2.05, 4.69) is 17.6 Å². The van der Waals surface area contributed by atoms with Crippen molar-refractivity contribution in [1.29, 1.82) is 0 Å². The predicted octanol–water partition coefficient (Wildman–Crippen LogP) is 3.91. The van der Waals surface area contributed by atoms with Gasteiger partial charge in [0.1, 0.15) is 5.75 Å². The minimum Gasteiger partial charge on any atom is -0.482 e. The highest BCUT2D eigenvalue weighted by atomic mass is 35.5. The van der Waals surface area contributed by atoms with Crippen LogP contribution in [0.15, 0.2) is 12.1 Å². The van der Waals surface area contributed by atoms with E-state index in [1.165, 1.54) is 25.7 Å². The second-order valence-corrected chi connectivity index (χ2v) is 6.58. The van der Waals surface area contributed by atoms with Crippen LogP contribution in [-0.2, 0) is 4.79 Å². The number of fused-ring (bicyclic) bond motifs is 1. The standard InChI is InChI=1S/C16H21ClN2O2/c1-10-2-4-11(5-3-10)8-18-13-7-15-14(6-12(13)17)19-16(20)9-21-15/h6-7,10-11,18H,2-5,8-9H2,1H3,(H,19,20). The fourth-order valence-electron chi connectivity index (χ4n) is 3.02. The molecule has 0 unspecified atom stereocenters. The summed E-state index contributed by atoms with van der Waals surface area (Å²) in [5.41, 5.74) is 1.53. The number of nitrogens with one attached hydrogen (secondary N) is 2. The maximum Gasteiger partial charge on any atom is 0.262 e. The first-order chi connectivity index (χ1) is 10.1. The smallest absolute Gasteiger partial charge is 0.262 e. The molecule has 0 bridgehead atoms. The van der Waals surface area contributed by atoms with Gasteiger partial charge in [0.15, 0.2) is 6.61 Å². The Morgan fingerprint density at radius 3 is 2.86 bits per heavy atom. The highest BCUT2D eigenvalue weighted by Gasteiger charge is 2.20. The fourth-order valence-corrected chi connectivity index (χ4v) is 3.25. The van der Waals surface area contributed by atoms with E-state index in [1.807, 2.05) is 6.07 Å². The molecule has 0 radical (unpaired) electrons. The summed E-state index contributed by atoms with van der Waals surface area (Å²) in [6, 6.07) is 3.63. The van der Waals surface area contributed by atoms with Crippen LogP contribution in [0.1, 0.15) is 32.6 Å². The van der Waals surface area contributed by atoms with Gasteiger partial charge in [0.05, 0.1) is 16.4 Å². The minimum atomic E-state index is -0.143. The number of hydrogen-bond acceptors (Lipinski definition) is 3. The van der Waals surface area contributed by atoms with Crippen molar-refractivity contribution in [2.24, 2.45) is 11.8 Å². The summed E-state index contributed by atoms with van der Waals surface area (Å²) in [5.74, 6) is 2.12. The Balaban J connectivity index is 1.64. The van der Waals surface area contributed by atoms with Crippen LogP contribution in [0.3, 0.4) is 0 Å². The normalized spacial score (nSPS) is 24.8. The molecular weight excluding hydrogens is 288 g/mol. The van der Waals surface area contributed by atoms with Gasteiger partial charge >= 0.3 is 0 Å². The van der Waals surface area contributed by atoms with E-state index < -0.39 is 0 Å². The van der Waals surface area contributed by atoms with Crippen LogP contribution in [0.25, 0.3) is 0 Å². The van der Waals surface area contributed by atoms with E-state index in [9.17, 15) is 4.79 Å². The van der Waals surface area contributed by atoms with Gasteiger partial charge in [-0.1, -0.05) is 31.4 Å². The number of halogens is 1. The lowest BCUT2D eigenvalue weighted by Gasteiger charge is -2.27. The van der Waals surface area contributed by atoms with Crippen molar-refractivity contribution in [3.63, 3.8) is 0 Å². The number of anilines is 2. The number of ether oxygens (including phenoxy) is 1. The lowest BCUT2D eigenvalue weighted by Crippen LogP contribution is -2.25. The largest absolute Gasteiger partial charge is 0.482 e. The van der Waals surface area contributed by atoms with Crippen LogP contribution in [0.5, 0.6) is 5.75 Å². The van der Waals surface area contributed by atoms with E-state index in [-0.39, 0.29) is 12.5 Å². The Hall–Kier alpha value is -1.42. The first kappa shape index (κ1) is 14.5. The van der Waals surface area contributed by atoms with Gasteiger partial charge in [-0.25, -0.2) is 0 Å². The lowest BCUT2D eigenvalue weighted by atomic mass is 9.83. The summed E-state index contributed by atoms with van der Waals surface area (Å²) >= 11 is 6.28. The number of carbonyl (C=O) groups excluding carboxylic acids is 1. The molecule has 1 aromatic carbocycles. The maximum absolute atomic E-state index is 11.3. The molecule has 21 heavy (non-hydrogen) atoms. The maximum atomic E-state index is 11.3. The average molecular weight is 309 g/mol. The quantitative estimate of drug-likeness (QED) is 0.890. The molecule has 1 saturated carbocycles. The SMILES string of the molecule is CC1CCC(CNc2cc3c(cc2Cl)NC(=O)CO3)CC1. The van der Waals surface area contributed by atoms with Crippen molar-refractivity contribution in [1.82, 2.24) is 0 Å². The topological polar surface area (TPSA) is 50.4 Å². The van der Waals surface area contributed by atoms with Crippen LogP contribution in [-0.4, -0.2) is 19.1 Å². The van der Waals surface area contributed by atoms with Crippen LogP contribution in [0, 0.1) is 11.8 Å². The molecule has 1 aromatic rings. The summed E-state index contributed by atoms with van der Waals surface area (Å²) < 4.78 is 5.43. The minimum absolute atomic E-state index is 0.0641. The highest BCUT2D eigenvalue weighted by Crippen LogP contribution is 2.37. The van der Waals surface area contributed by atoms with Crippen molar-refractivity contribution >= 4 is 28.9 Å². The molecule has 114 valence electrons. The van der Waals surface area contributed by atoms with Gasteiger partial charge < -0.3 is 15.4 Å². The summed E-state index contributed by atoms with van der Waals surface area (Å²) in [4.78, 5) is 11.3. The molecule has 2 aliphatic rings. The first-order valence-electron chi connectivity index (χ1n) is 7.62. The second-order valence-electron chi connectivity index (χ2n) is 6.17. The Kier molecular flexibility index (Phi) is 4.24. The number of carbonyl (C=O) groups is 1. The first-order valence-corrected chi connectivity index (χ1v) is 7.99. The van der Waals surface area contributed by atoms with E-state index in [0.29, 0.717) is 22.4 Å². The van der Waals surface area contributed by atoms with Crippen LogP contribution in [0.2, 0.25) is 5.02 Å². The molecule has 0 atom stereocenters. The van der Waals surface area contributed by atoms with Crippen molar-refractivity contribution in [2.75, 3.05) is 23.8 Å². The van der Waals surface area contributed by atoms with Crippen molar-refractivity contribution in [3.05, 3.63) is 17.2 Å². The average Bonchev–Trinajstić information content (AvgIpc) is 2.47. The van der Waals surface area contributed by atoms with Gasteiger partial charge in [-0.2, -0.15) is 0 Å².